The Morgan fingerprint density at radius 1 is 1.19 bits per heavy atom. The van der Waals surface area contributed by atoms with Crippen LogP contribution in [0.1, 0.15) is 31.9 Å². The van der Waals surface area contributed by atoms with Crippen molar-refractivity contribution in [1.29, 1.82) is 0 Å². The number of hydrazone groups is 1. The third-order valence-electron chi connectivity index (χ3n) is 3.69. The van der Waals surface area contributed by atoms with Crippen LogP contribution in [-0.4, -0.2) is 25.8 Å². The molecule has 1 amide bonds. The maximum atomic E-state index is 11.9. The fraction of sp³-hybridized carbons (Fsp3) is 0.300. The van der Waals surface area contributed by atoms with Crippen molar-refractivity contribution in [2.24, 2.45) is 5.10 Å². The Bertz CT molecular complexity index is 798. The maximum Gasteiger partial charge on any atom is 0.277 e. The van der Waals surface area contributed by atoms with E-state index in [1.54, 1.807) is 7.11 Å². The van der Waals surface area contributed by atoms with Crippen molar-refractivity contribution in [2.45, 2.75) is 26.2 Å². The zero-order valence-electron chi connectivity index (χ0n) is 15.4. The van der Waals surface area contributed by atoms with Gasteiger partial charge in [-0.25, -0.2) is 5.43 Å². The van der Waals surface area contributed by atoms with Crippen LogP contribution in [-0.2, 0) is 10.2 Å². The summed E-state index contributed by atoms with van der Waals surface area (Å²) in [6, 6.07) is 13.3. The summed E-state index contributed by atoms with van der Waals surface area (Å²) < 4.78 is 11.6. The number of hydrogen-bond acceptors (Lipinski definition) is 4. The average molecular weight is 419 g/mol. The van der Waals surface area contributed by atoms with Crippen LogP contribution in [0.4, 0.5) is 0 Å². The predicted octanol–water partition coefficient (Wildman–Crippen LogP) is 4.28. The number of rotatable bonds is 6. The Balaban J connectivity index is 1.90. The number of benzene rings is 2. The number of nitrogens with one attached hydrogen (secondary N) is 1. The molecule has 0 saturated carbocycles. The molecule has 0 radical (unpaired) electrons. The lowest BCUT2D eigenvalue weighted by atomic mass is 9.87. The van der Waals surface area contributed by atoms with Crippen molar-refractivity contribution in [1.82, 2.24) is 5.43 Å². The van der Waals surface area contributed by atoms with Crippen molar-refractivity contribution >= 4 is 28.1 Å². The van der Waals surface area contributed by atoms with Gasteiger partial charge in [0.2, 0.25) is 0 Å². The topological polar surface area (TPSA) is 59.9 Å². The normalized spacial score (nSPS) is 11.4. The van der Waals surface area contributed by atoms with Gasteiger partial charge in [-0.1, -0.05) is 39.0 Å². The molecular formula is C20H23BrN2O3. The molecule has 2 aromatic carbocycles. The molecule has 0 aromatic heterocycles. The summed E-state index contributed by atoms with van der Waals surface area (Å²) in [4.78, 5) is 11.9. The van der Waals surface area contributed by atoms with Crippen LogP contribution in [0.3, 0.4) is 0 Å². The van der Waals surface area contributed by atoms with Gasteiger partial charge in [-0.2, -0.15) is 5.10 Å². The minimum Gasteiger partial charge on any atom is -0.496 e. The van der Waals surface area contributed by atoms with Crippen LogP contribution in [0.5, 0.6) is 11.5 Å². The molecule has 0 atom stereocenters. The highest BCUT2D eigenvalue weighted by atomic mass is 79.9. The van der Waals surface area contributed by atoms with E-state index in [2.05, 4.69) is 47.2 Å². The van der Waals surface area contributed by atoms with Gasteiger partial charge in [0.1, 0.15) is 11.5 Å². The van der Waals surface area contributed by atoms with E-state index >= 15 is 0 Å². The number of methoxy groups -OCH3 is 1. The zero-order valence-corrected chi connectivity index (χ0v) is 17.0. The molecule has 0 heterocycles. The second-order valence-electron chi connectivity index (χ2n) is 6.72. The molecule has 0 aliphatic heterocycles. The maximum absolute atomic E-state index is 11.9. The summed E-state index contributed by atoms with van der Waals surface area (Å²) in [7, 11) is 1.59. The number of amides is 1. The molecule has 2 rings (SSSR count). The van der Waals surface area contributed by atoms with Crippen LogP contribution in [0.25, 0.3) is 0 Å². The van der Waals surface area contributed by atoms with Crippen molar-refractivity contribution in [3.8, 4) is 11.5 Å². The van der Waals surface area contributed by atoms with E-state index in [1.807, 2.05) is 42.5 Å². The lowest BCUT2D eigenvalue weighted by Gasteiger charge is -2.20. The van der Waals surface area contributed by atoms with Crippen LogP contribution in [0.2, 0.25) is 0 Å². The summed E-state index contributed by atoms with van der Waals surface area (Å²) in [6.07, 6.45) is 1.53. The number of nitrogens with zero attached hydrogens (tertiary/aromatic N) is 1. The third kappa shape index (κ3) is 5.59. The molecule has 0 spiro atoms. The predicted molar refractivity (Wildman–Crippen MR) is 107 cm³/mol. The SMILES string of the molecule is COc1ccccc1/C=N\NC(=O)COc1ccc(C(C)(C)C)cc1Br. The summed E-state index contributed by atoms with van der Waals surface area (Å²) in [5.41, 5.74) is 4.45. The first kappa shape index (κ1) is 20.0. The molecule has 0 fully saturated rings. The van der Waals surface area contributed by atoms with Crippen LogP contribution in [0, 0.1) is 0 Å². The Morgan fingerprint density at radius 3 is 2.58 bits per heavy atom. The van der Waals surface area contributed by atoms with E-state index in [0.29, 0.717) is 11.5 Å². The highest BCUT2D eigenvalue weighted by molar-refractivity contribution is 9.10. The quantitative estimate of drug-likeness (QED) is 0.562. The van der Waals surface area contributed by atoms with Gasteiger partial charge in [-0.3, -0.25) is 4.79 Å². The number of halogens is 1. The van der Waals surface area contributed by atoms with Crippen molar-refractivity contribution in [2.75, 3.05) is 13.7 Å². The first-order valence-corrected chi connectivity index (χ1v) is 8.98. The molecule has 5 nitrogen and oxygen atoms in total. The van der Waals surface area contributed by atoms with E-state index in [4.69, 9.17) is 9.47 Å². The lowest BCUT2D eigenvalue weighted by Crippen LogP contribution is -2.24. The summed E-state index contributed by atoms with van der Waals surface area (Å²) in [6.45, 7) is 6.30. The number of para-hydroxylation sites is 1. The fourth-order valence-corrected chi connectivity index (χ4v) is 2.70. The van der Waals surface area contributed by atoms with Crippen molar-refractivity contribution in [3.63, 3.8) is 0 Å². The number of carbonyl (C=O) groups excluding carboxylic acids is 1. The van der Waals surface area contributed by atoms with Crippen molar-refractivity contribution < 1.29 is 14.3 Å². The molecule has 26 heavy (non-hydrogen) atoms. The van der Waals surface area contributed by atoms with E-state index in [0.717, 1.165) is 10.0 Å². The Labute approximate surface area is 162 Å². The molecule has 0 bridgehead atoms. The first-order valence-electron chi connectivity index (χ1n) is 8.19. The lowest BCUT2D eigenvalue weighted by molar-refractivity contribution is -0.123. The van der Waals surface area contributed by atoms with Crippen LogP contribution >= 0.6 is 15.9 Å². The Kier molecular flexibility index (Phi) is 6.80. The van der Waals surface area contributed by atoms with Crippen molar-refractivity contribution in [3.05, 3.63) is 58.1 Å². The first-order chi connectivity index (χ1) is 12.3. The molecule has 6 heteroatoms. The smallest absolute Gasteiger partial charge is 0.277 e. The summed E-state index contributed by atoms with van der Waals surface area (Å²) in [5, 5.41) is 3.94. The number of carbonyl (C=O) groups is 1. The largest absolute Gasteiger partial charge is 0.496 e. The zero-order chi connectivity index (χ0) is 19.2. The van der Waals surface area contributed by atoms with Gasteiger partial charge in [-0.15, -0.1) is 0 Å². The summed E-state index contributed by atoms with van der Waals surface area (Å²) >= 11 is 3.49. The third-order valence-corrected chi connectivity index (χ3v) is 4.31. The van der Waals surface area contributed by atoms with Gasteiger partial charge in [0.05, 0.1) is 17.8 Å². The molecule has 0 saturated heterocycles. The molecule has 0 aliphatic rings. The highest BCUT2D eigenvalue weighted by Crippen LogP contribution is 2.31. The fourth-order valence-electron chi connectivity index (χ4n) is 2.21. The Morgan fingerprint density at radius 2 is 1.92 bits per heavy atom. The highest BCUT2D eigenvalue weighted by Gasteiger charge is 2.15. The van der Waals surface area contributed by atoms with Crippen LogP contribution in [0.15, 0.2) is 52.0 Å². The van der Waals surface area contributed by atoms with Gasteiger partial charge in [0, 0.05) is 5.56 Å². The minimum absolute atomic E-state index is 0.0473. The minimum atomic E-state index is -0.344. The van der Waals surface area contributed by atoms with Gasteiger partial charge < -0.3 is 9.47 Å². The number of hydrogen-bond donors (Lipinski definition) is 1. The van der Waals surface area contributed by atoms with Gasteiger partial charge in [0.25, 0.3) is 5.91 Å². The van der Waals surface area contributed by atoms with Crippen LogP contribution < -0.4 is 14.9 Å². The second kappa shape index (κ2) is 8.85. The molecule has 2 aromatic rings. The second-order valence-corrected chi connectivity index (χ2v) is 7.57. The van der Waals surface area contributed by atoms with E-state index < -0.39 is 0 Å². The molecule has 0 unspecified atom stereocenters. The number of ether oxygens (including phenoxy) is 2. The average Bonchev–Trinajstić information content (AvgIpc) is 2.60. The molecule has 138 valence electrons. The van der Waals surface area contributed by atoms with E-state index in [-0.39, 0.29) is 17.9 Å². The van der Waals surface area contributed by atoms with E-state index in [1.165, 1.54) is 11.8 Å². The summed E-state index contributed by atoms with van der Waals surface area (Å²) in [5.74, 6) is 0.953. The molecular weight excluding hydrogens is 396 g/mol. The van der Waals surface area contributed by atoms with Gasteiger partial charge in [-0.05, 0) is 51.2 Å². The standard InChI is InChI=1S/C20H23BrN2O3/c1-20(2,3)15-9-10-18(16(21)11-15)26-13-19(24)23-22-12-14-7-5-6-8-17(14)25-4/h5-12H,13H2,1-4H3,(H,23,24)/b22-12-. The molecule has 1 N–H and O–H groups in total. The van der Waals surface area contributed by atoms with E-state index in [9.17, 15) is 4.79 Å². The Hall–Kier alpha value is -2.34. The monoisotopic (exact) mass is 418 g/mol. The van der Waals surface area contributed by atoms with Gasteiger partial charge >= 0.3 is 0 Å². The molecule has 0 aliphatic carbocycles. The van der Waals surface area contributed by atoms with Gasteiger partial charge in [0.15, 0.2) is 6.61 Å².